The van der Waals surface area contributed by atoms with Crippen LogP contribution in [0.15, 0.2) is 66.9 Å². The molecule has 1 amide bonds. The smallest absolute Gasteiger partial charge is 0.413 e. The van der Waals surface area contributed by atoms with Gasteiger partial charge < -0.3 is 15.0 Å². The number of amides is 1. The van der Waals surface area contributed by atoms with E-state index >= 15 is 0 Å². The van der Waals surface area contributed by atoms with Gasteiger partial charge in [0.2, 0.25) is 0 Å². The fourth-order valence-electron chi connectivity index (χ4n) is 2.51. The maximum absolute atomic E-state index is 12.2. The zero-order chi connectivity index (χ0) is 17.8. The zero-order valence-electron chi connectivity index (χ0n) is 13.6. The van der Waals surface area contributed by atoms with Crippen LogP contribution in [0.25, 0.3) is 5.69 Å². The number of rotatable bonds is 4. The third-order valence-electron chi connectivity index (χ3n) is 3.78. The van der Waals surface area contributed by atoms with E-state index in [9.17, 15) is 4.79 Å². The number of hydrogen-bond acceptors (Lipinski definition) is 3. The molecule has 1 unspecified atom stereocenters. The lowest BCUT2D eigenvalue weighted by Gasteiger charge is -2.16. The Morgan fingerprint density at radius 1 is 1.12 bits per heavy atom. The summed E-state index contributed by atoms with van der Waals surface area (Å²) in [4.78, 5) is 12.2. The predicted octanol–water partition coefficient (Wildman–Crippen LogP) is 5.02. The monoisotopic (exact) mass is 355 g/mol. The summed E-state index contributed by atoms with van der Waals surface area (Å²) in [5.74, 6) is 0.598. The first-order chi connectivity index (χ1) is 12.0. The number of benzene rings is 2. The van der Waals surface area contributed by atoms with Crippen molar-refractivity contribution in [1.82, 2.24) is 4.57 Å². The van der Waals surface area contributed by atoms with E-state index in [0.717, 1.165) is 11.3 Å². The van der Waals surface area contributed by atoms with Crippen LogP contribution in [-0.4, -0.2) is 10.7 Å². The summed E-state index contributed by atoms with van der Waals surface area (Å²) < 4.78 is 7.27. The average Bonchev–Trinajstić information content (AvgIpc) is 3.03. The zero-order valence-corrected chi connectivity index (χ0v) is 14.4. The van der Waals surface area contributed by atoms with Gasteiger partial charge in [-0.15, -0.1) is 0 Å². The molecule has 5 nitrogen and oxygen atoms in total. The second-order valence-corrected chi connectivity index (χ2v) is 5.96. The molecule has 2 aromatic carbocycles. The number of hydrogen-bond donors (Lipinski definition) is 2. The quantitative estimate of drug-likeness (QED) is 0.645. The lowest BCUT2D eigenvalue weighted by Crippen LogP contribution is -2.18. The average molecular weight is 356 g/mol. The number of nitrogens with one attached hydrogen (secondary N) is 1. The Balaban J connectivity index is 1.71. The van der Waals surface area contributed by atoms with Crippen LogP contribution in [0.3, 0.4) is 0 Å². The van der Waals surface area contributed by atoms with Gasteiger partial charge in [-0.25, -0.2) is 4.79 Å². The molecule has 0 aliphatic heterocycles. The van der Waals surface area contributed by atoms with Crippen molar-refractivity contribution in [2.75, 3.05) is 11.1 Å². The van der Waals surface area contributed by atoms with Crippen molar-refractivity contribution >= 4 is 29.2 Å². The van der Waals surface area contributed by atoms with E-state index in [1.807, 2.05) is 47.2 Å². The van der Waals surface area contributed by atoms with E-state index in [1.165, 1.54) is 0 Å². The van der Waals surface area contributed by atoms with Gasteiger partial charge in [0.25, 0.3) is 0 Å². The highest BCUT2D eigenvalue weighted by molar-refractivity contribution is 6.31. The number of ether oxygens (including phenoxy) is 1. The highest BCUT2D eigenvalue weighted by Crippen LogP contribution is 2.25. The van der Waals surface area contributed by atoms with Crippen molar-refractivity contribution in [2.45, 2.75) is 13.0 Å². The van der Waals surface area contributed by atoms with E-state index in [1.54, 1.807) is 31.2 Å². The molecular formula is C19H18ClN3O2. The minimum Gasteiger partial charge on any atom is -0.441 e. The lowest BCUT2D eigenvalue weighted by molar-refractivity contribution is 0.121. The predicted molar refractivity (Wildman–Crippen MR) is 100 cm³/mol. The molecule has 0 saturated carbocycles. The Labute approximate surface area is 151 Å². The van der Waals surface area contributed by atoms with Crippen LogP contribution in [0.4, 0.5) is 16.3 Å². The number of carbonyl (C=O) groups excluding carboxylic acids is 1. The summed E-state index contributed by atoms with van der Waals surface area (Å²) in [6.45, 7) is 1.78. The van der Waals surface area contributed by atoms with Crippen LogP contribution in [0.2, 0.25) is 5.02 Å². The summed E-state index contributed by atoms with van der Waals surface area (Å²) in [5.41, 5.74) is 8.03. The molecule has 0 fully saturated rings. The minimum absolute atomic E-state index is 0.464. The third kappa shape index (κ3) is 3.95. The molecule has 0 spiro atoms. The Hall–Kier alpha value is -2.92. The molecule has 0 radical (unpaired) electrons. The van der Waals surface area contributed by atoms with Crippen LogP contribution in [0, 0.1) is 0 Å². The number of aromatic nitrogens is 1. The molecule has 0 bridgehead atoms. The van der Waals surface area contributed by atoms with E-state index in [-0.39, 0.29) is 0 Å². The molecule has 0 saturated heterocycles. The first kappa shape index (κ1) is 16.9. The first-order valence-electron chi connectivity index (χ1n) is 7.80. The molecule has 6 heteroatoms. The number of halogens is 1. The van der Waals surface area contributed by atoms with E-state index in [0.29, 0.717) is 16.5 Å². The van der Waals surface area contributed by atoms with Crippen LogP contribution in [0.1, 0.15) is 18.6 Å². The van der Waals surface area contributed by atoms with Gasteiger partial charge in [0.1, 0.15) is 11.9 Å². The fourth-order valence-corrected chi connectivity index (χ4v) is 2.80. The highest BCUT2D eigenvalue weighted by Gasteiger charge is 2.15. The first-order valence-corrected chi connectivity index (χ1v) is 8.18. The van der Waals surface area contributed by atoms with Crippen LogP contribution in [0.5, 0.6) is 0 Å². The molecule has 3 rings (SSSR count). The van der Waals surface area contributed by atoms with Gasteiger partial charge in [0, 0.05) is 28.2 Å². The Bertz CT molecular complexity index is 874. The third-order valence-corrected chi connectivity index (χ3v) is 4.12. The molecule has 25 heavy (non-hydrogen) atoms. The van der Waals surface area contributed by atoms with Crippen LogP contribution >= 0.6 is 11.6 Å². The second-order valence-electron chi connectivity index (χ2n) is 5.55. The molecule has 3 N–H and O–H groups in total. The SMILES string of the molecule is CC(OC(=O)Nc1cccn1-c1ccc(N)cc1)c1ccccc1Cl. The summed E-state index contributed by atoms with van der Waals surface area (Å²) >= 11 is 6.14. The maximum atomic E-state index is 12.2. The molecule has 128 valence electrons. The largest absolute Gasteiger partial charge is 0.441 e. The lowest BCUT2D eigenvalue weighted by atomic mass is 10.1. The van der Waals surface area contributed by atoms with E-state index in [2.05, 4.69) is 5.32 Å². The number of nitrogen functional groups attached to an aromatic ring is 1. The van der Waals surface area contributed by atoms with Crippen LogP contribution in [-0.2, 0) is 4.74 Å². The van der Waals surface area contributed by atoms with E-state index in [4.69, 9.17) is 22.1 Å². The molecule has 0 aliphatic carbocycles. The highest BCUT2D eigenvalue weighted by atomic mass is 35.5. The molecule has 1 aromatic heterocycles. The standard InChI is InChI=1S/C19H18ClN3O2/c1-13(16-5-2-3-6-17(16)20)25-19(24)22-18-7-4-12-23(18)15-10-8-14(21)9-11-15/h2-13H,21H2,1H3,(H,22,24). The number of nitrogens with two attached hydrogens (primary N) is 1. The Morgan fingerprint density at radius 3 is 2.56 bits per heavy atom. The summed E-state index contributed by atoms with van der Waals surface area (Å²) in [6, 6.07) is 18.3. The van der Waals surface area contributed by atoms with Gasteiger partial charge in [-0.1, -0.05) is 29.8 Å². The normalized spacial score (nSPS) is 11.8. The maximum Gasteiger partial charge on any atom is 0.413 e. The van der Waals surface area contributed by atoms with E-state index < -0.39 is 12.2 Å². The van der Waals surface area contributed by atoms with Gasteiger partial charge >= 0.3 is 6.09 Å². The number of nitrogens with zero attached hydrogens (tertiary/aromatic N) is 1. The van der Waals surface area contributed by atoms with Crippen molar-refractivity contribution < 1.29 is 9.53 Å². The summed E-state index contributed by atoms with van der Waals surface area (Å²) in [5, 5.41) is 3.31. The Morgan fingerprint density at radius 2 is 1.84 bits per heavy atom. The molecule has 3 aromatic rings. The Kier molecular flexibility index (Phi) is 4.95. The molecule has 0 aliphatic rings. The molecule has 1 atom stereocenters. The second kappa shape index (κ2) is 7.32. The van der Waals surface area contributed by atoms with Gasteiger partial charge in [-0.3, -0.25) is 5.32 Å². The van der Waals surface area contributed by atoms with Gasteiger partial charge in [-0.2, -0.15) is 0 Å². The summed E-state index contributed by atoms with van der Waals surface area (Å²) in [6.07, 6.45) is 0.829. The van der Waals surface area contributed by atoms with Crippen molar-refractivity contribution in [1.29, 1.82) is 0 Å². The van der Waals surface area contributed by atoms with Gasteiger partial charge in [0.05, 0.1) is 0 Å². The number of carbonyl (C=O) groups is 1. The van der Waals surface area contributed by atoms with Crippen LogP contribution < -0.4 is 11.1 Å². The molecular weight excluding hydrogens is 338 g/mol. The number of anilines is 2. The summed E-state index contributed by atoms with van der Waals surface area (Å²) in [7, 11) is 0. The van der Waals surface area contributed by atoms with Gasteiger partial charge in [0.15, 0.2) is 0 Å². The van der Waals surface area contributed by atoms with Crippen molar-refractivity contribution in [3.63, 3.8) is 0 Å². The van der Waals surface area contributed by atoms with Crippen molar-refractivity contribution in [3.8, 4) is 5.69 Å². The molecule has 1 heterocycles. The fraction of sp³-hybridized carbons (Fsp3) is 0.105. The van der Waals surface area contributed by atoms with Crippen molar-refractivity contribution in [2.24, 2.45) is 0 Å². The van der Waals surface area contributed by atoms with Gasteiger partial charge in [-0.05, 0) is 49.4 Å². The topological polar surface area (TPSA) is 69.3 Å². The van der Waals surface area contributed by atoms with Crippen molar-refractivity contribution in [3.05, 3.63) is 77.4 Å². The minimum atomic E-state index is -0.553.